The summed E-state index contributed by atoms with van der Waals surface area (Å²) in [4.78, 5) is 5.16. The van der Waals surface area contributed by atoms with E-state index in [0.29, 0.717) is 22.8 Å². The Kier molecular flexibility index (Phi) is 12.3. The van der Waals surface area contributed by atoms with Gasteiger partial charge in [0.25, 0.3) is 0 Å². The molecule has 4 heteroatoms. The van der Waals surface area contributed by atoms with E-state index in [1.54, 1.807) is 5.57 Å². The Hall–Kier alpha value is -1.23. The average Bonchev–Trinajstić information content (AvgIpc) is 3.42. The first-order chi connectivity index (χ1) is 17.2. The van der Waals surface area contributed by atoms with E-state index >= 15 is 0 Å². The van der Waals surface area contributed by atoms with E-state index in [0.717, 1.165) is 56.0 Å². The van der Waals surface area contributed by atoms with Crippen LogP contribution in [0.5, 0.6) is 0 Å². The van der Waals surface area contributed by atoms with Gasteiger partial charge in [0.15, 0.2) is 0 Å². The number of allylic oxidation sites excluding steroid dienone is 3. The summed E-state index contributed by atoms with van der Waals surface area (Å²) in [5.74, 6) is 3.13. The summed E-state index contributed by atoms with van der Waals surface area (Å²) in [6.07, 6.45) is 17.1. The smallest absolute Gasteiger partial charge is 0.0697 e. The predicted octanol–water partition coefficient (Wildman–Crippen LogP) is 8.27. The van der Waals surface area contributed by atoms with Gasteiger partial charge in [-0.15, -0.1) is 0 Å². The van der Waals surface area contributed by atoms with Gasteiger partial charge in [-0.05, 0) is 93.3 Å². The maximum absolute atomic E-state index is 8.28. The first-order valence-corrected chi connectivity index (χ1v) is 14.8. The minimum absolute atomic E-state index is 0. The molecule has 7 atom stereocenters. The number of hydrogen-bond acceptors (Lipinski definition) is 4. The summed E-state index contributed by atoms with van der Waals surface area (Å²) < 4.78 is 0. The van der Waals surface area contributed by atoms with Crippen LogP contribution in [0.1, 0.15) is 106 Å². The second-order valence-electron chi connectivity index (χ2n) is 12.5. The highest BCUT2D eigenvalue weighted by Gasteiger charge is 2.58. The first kappa shape index (κ1) is 32.0. The quantitative estimate of drug-likeness (QED) is 0.126. The number of hydroxylamine groups is 1. The molecule has 0 aromatic rings. The summed E-state index contributed by atoms with van der Waals surface area (Å²) in [7, 11) is 0. The zero-order chi connectivity index (χ0) is 26.3. The lowest BCUT2D eigenvalue weighted by atomic mass is 9.47. The topological polar surface area (TPSA) is 57.1 Å². The molecule has 4 nitrogen and oxygen atoms in total. The molecular weight excluding hydrogens is 454 g/mol. The highest BCUT2D eigenvalue weighted by molar-refractivity contribution is 5.82. The van der Waals surface area contributed by atoms with E-state index < -0.39 is 0 Å². The molecule has 0 amide bonds. The molecule has 1 saturated heterocycles. The van der Waals surface area contributed by atoms with Gasteiger partial charge in [-0.2, -0.15) is 0 Å². The van der Waals surface area contributed by atoms with Crippen molar-refractivity contribution in [1.29, 1.82) is 5.41 Å². The molecule has 1 aliphatic heterocycles. The van der Waals surface area contributed by atoms with Crippen LogP contribution in [-0.4, -0.2) is 31.4 Å². The molecular formula is C33H59N3O. The molecule has 0 aromatic carbocycles. The van der Waals surface area contributed by atoms with Gasteiger partial charge >= 0.3 is 0 Å². The Morgan fingerprint density at radius 3 is 2.54 bits per heavy atom. The molecule has 1 heterocycles. The highest BCUT2D eigenvalue weighted by atomic mass is 16.6. The standard InChI is InChI=1S/C23H37N.C9H18N2O.CH4/c1-6-8-17-9-10-18-20-12-11-19(16(3)24)23(20,5)15-13-21(18)22(17,4)14-7-2;1-3-11-12-5-4-9-6-8(2)7-10-9;/h6,8,18-21,24H,1,7,9-15H2,2-5H3;9-11H,2-7H2,1H3;1H4/b17-8-,24-16?;;. The van der Waals surface area contributed by atoms with Gasteiger partial charge in [0, 0.05) is 30.8 Å². The minimum Gasteiger partial charge on any atom is -0.310 e. The predicted molar refractivity (Wildman–Crippen MR) is 161 cm³/mol. The van der Waals surface area contributed by atoms with Crippen LogP contribution in [0, 0.1) is 39.9 Å². The van der Waals surface area contributed by atoms with Crippen molar-refractivity contribution in [2.45, 2.75) is 112 Å². The number of rotatable bonds is 9. The zero-order valence-electron chi connectivity index (χ0n) is 24.1. The molecule has 4 aliphatic rings. The molecule has 0 radical (unpaired) electrons. The molecule has 7 unspecified atom stereocenters. The number of nitrogens with one attached hydrogen (secondary N) is 3. The van der Waals surface area contributed by atoms with Crippen LogP contribution in [0.2, 0.25) is 0 Å². The van der Waals surface area contributed by atoms with Crippen LogP contribution in [0.3, 0.4) is 0 Å². The molecule has 3 saturated carbocycles. The van der Waals surface area contributed by atoms with Gasteiger partial charge < -0.3 is 15.6 Å². The summed E-state index contributed by atoms with van der Waals surface area (Å²) in [6.45, 7) is 22.0. The lowest BCUT2D eigenvalue weighted by molar-refractivity contribution is -0.0408. The normalized spacial score (nSPS) is 37.7. The lowest BCUT2D eigenvalue weighted by Crippen LogP contribution is -2.50. The van der Waals surface area contributed by atoms with E-state index in [1.807, 2.05) is 13.0 Å². The minimum atomic E-state index is 0. The van der Waals surface area contributed by atoms with Crippen molar-refractivity contribution in [1.82, 2.24) is 10.8 Å². The van der Waals surface area contributed by atoms with Crippen LogP contribution in [0.25, 0.3) is 0 Å². The van der Waals surface area contributed by atoms with Gasteiger partial charge in [0.05, 0.1) is 6.61 Å². The fraction of sp³-hybridized carbons (Fsp3) is 0.788. The monoisotopic (exact) mass is 513 g/mol. The Labute approximate surface area is 229 Å². The first-order valence-electron chi connectivity index (χ1n) is 14.8. The molecule has 0 spiro atoms. The van der Waals surface area contributed by atoms with Crippen molar-refractivity contribution in [3.05, 3.63) is 36.5 Å². The summed E-state index contributed by atoms with van der Waals surface area (Å²) >= 11 is 0. The Morgan fingerprint density at radius 1 is 1.19 bits per heavy atom. The van der Waals surface area contributed by atoms with E-state index in [2.05, 4.69) is 57.7 Å². The Morgan fingerprint density at radius 2 is 1.95 bits per heavy atom. The molecule has 37 heavy (non-hydrogen) atoms. The van der Waals surface area contributed by atoms with Crippen molar-refractivity contribution in [2.75, 3.05) is 19.7 Å². The largest absolute Gasteiger partial charge is 0.310 e. The van der Waals surface area contributed by atoms with Crippen LogP contribution < -0.4 is 10.8 Å². The van der Waals surface area contributed by atoms with Crippen molar-refractivity contribution < 1.29 is 4.84 Å². The number of hydrogen-bond donors (Lipinski definition) is 3. The molecule has 3 aliphatic carbocycles. The molecule has 3 N–H and O–H groups in total. The van der Waals surface area contributed by atoms with E-state index in [9.17, 15) is 0 Å². The average molecular weight is 514 g/mol. The molecule has 4 rings (SSSR count). The van der Waals surface area contributed by atoms with E-state index in [-0.39, 0.29) is 7.43 Å². The zero-order valence-corrected chi connectivity index (χ0v) is 24.1. The Bertz CT molecular complexity index is 803. The van der Waals surface area contributed by atoms with Crippen molar-refractivity contribution >= 4 is 5.71 Å². The maximum atomic E-state index is 8.28. The molecule has 0 aromatic heterocycles. The fourth-order valence-electron chi connectivity index (χ4n) is 8.68. The maximum Gasteiger partial charge on any atom is 0.0697 e. The van der Waals surface area contributed by atoms with Crippen LogP contribution in [0.15, 0.2) is 36.5 Å². The van der Waals surface area contributed by atoms with Gasteiger partial charge in [-0.3, -0.25) is 0 Å². The highest BCUT2D eigenvalue weighted by Crippen LogP contribution is 2.66. The van der Waals surface area contributed by atoms with Crippen LogP contribution in [-0.2, 0) is 4.84 Å². The molecule has 4 fully saturated rings. The SMILES string of the molecule is C.C=C/C=C1/CCC2C(CCC3(C)C(C(C)=N)CCC23)C1(C)CCC.C=C1CNC(CCONCC)C1. The van der Waals surface area contributed by atoms with Gasteiger partial charge in [0.1, 0.15) is 0 Å². The Balaban J connectivity index is 0.000000314. The van der Waals surface area contributed by atoms with Gasteiger partial charge in [-0.25, -0.2) is 5.48 Å². The van der Waals surface area contributed by atoms with Gasteiger partial charge in [0.2, 0.25) is 0 Å². The van der Waals surface area contributed by atoms with Crippen LogP contribution in [0.4, 0.5) is 0 Å². The van der Waals surface area contributed by atoms with Crippen molar-refractivity contribution in [3.63, 3.8) is 0 Å². The lowest BCUT2D eigenvalue weighted by Gasteiger charge is -2.57. The summed E-state index contributed by atoms with van der Waals surface area (Å²) in [5, 5.41) is 11.7. The van der Waals surface area contributed by atoms with Crippen molar-refractivity contribution in [3.8, 4) is 0 Å². The number of fused-ring (bicyclic) bond motifs is 3. The van der Waals surface area contributed by atoms with Crippen molar-refractivity contribution in [2.24, 2.45) is 34.5 Å². The van der Waals surface area contributed by atoms with Crippen LogP contribution >= 0.6 is 0 Å². The third-order valence-corrected chi connectivity index (χ3v) is 10.3. The second kappa shape index (κ2) is 14.2. The van der Waals surface area contributed by atoms with Gasteiger partial charge in [-0.1, -0.05) is 78.0 Å². The second-order valence-corrected chi connectivity index (χ2v) is 12.5. The third kappa shape index (κ3) is 7.05. The molecule has 212 valence electrons. The third-order valence-electron chi connectivity index (χ3n) is 10.3. The van der Waals surface area contributed by atoms with E-state index in [4.69, 9.17) is 10.2 Å². The fourth-order valence-corrected chi connectivity index (χ4v) is 8.68. The summed E-state index contributed by atoms with van der Waals surface area (Å²) in [6, 6.07) is 0.580. The summed E-state index contributed by atoms with van der Waals surface area (Å²) in [5.41, 5.74) is 7.54. The molecule has 0 bridgehead atoms. The van der Waals surface area contributed by atoms with E-state index in [1.165, 1.54) is 56.9 Å².